The molecule has 0 aromatic carbocycles. The van der Waals surface area contributed by atoms with Crippen molar-refractivity contribution in [1.29, 1.82) is 0 Å². The molecule has 1 nitrogen and oxygen atoms in total. The molecular formula is C18H28O. The Labute approximate surface area is 117 Å². The second-order valence-corrected chi connectivity index (χ2v) is 8.03. The molecule has 4 aliphatic carbocycles. The monoisotopic (exact) mass is 260 g/mol. The van der Waals surface area contributed by atoms with Gasteiger partial charge in [-0.25, -0.2) is 0 Å². The summed E-state index contributed by atoms with van der Waals surface area (Å²) in [6.45, 7) is 2.58. The van der Waals surface area contributed by atoms with Gasteiger partial charge in [0.15, 0.2) is 0 Å². The van der Waals surface area contributed by atoms with Gasteiger partial charge in [-0.3, -0.25) is 0 Å². The molecule has 0 aromatic rings. The Hall–Kier alpha value is -0.300. The van der Waals surface area contributed by atoms with Gasteiger partial charge in [-0.1, -0.05) is 24.5 Å². The predicted molar refractivity (Wildman–Crippen MR) is 77.8 cm³/mol. The van der Waals surface area contributed by atoms with E-state index in [1.54, 1.807) is 5.57 Å². The number of aliphatic hydroxyl groups excluding tert-OH is 1. The summed E-state index contributed by atoms with van der Waals surface area (Å²) in [4.78, 5) is 0. The Morgan fingerprint density at radius 2 is 1.95 bits per heavy atom. The summed E-state index contributed by atoms with van der Waals surface area (Å²) in [5, 5.41) is 9.90. The van der Waals surface area contributed by atoms with E-state index >= 15 is 0 Å². The molecule has 19 heavy (non-hydrogen) atoms. The van der Waals surface area contributed by atoms with Crippen molar-refractivity contribution in [3.63, 3.8) is 0 Å². The van der Waals surface area contributed by atoms with E-state index in [-0.39, 0.29) is 6.10 Å². The van der Waals surface area contributed by atoms with Crippen LogP contribution in [0.5, 0.6) is 0 Å². The van der Waals surface area contributed by atoms with E-state index in [1.165, 1.54) is 51.4 Å². The van der Waals surface area contributed by atoms with Gasteiger partial charge in [0.05, 0.1) is 6.10 Å². The molecule has 5 unspecified atom stereocenters. The quantitative estimate of drug-likeness (QED) is 0.638. The molecule has 4 aliphatic rings. The second-order valence-electron chi connectivity index (χ2n) is 8.03. The molecule has 0 saturated heterocycles. The van der Waals surface area contributed by atoms with Gasteiger partial charge in [-0.2, -0.15) is 0 Å². The maximum Gasteiger partial charge on any atom is 0.0580 e. The molecule has 0 aromatic heterocycles. The van der Waals surface area contributed by atoms with Crippen LogP contribution in [0, 0.1) is 23.2 Å². The third-order valence-corrected chi connectivity index (χ3v) is 7.13. The van der Waals surface area contributed by atoms with Crippen molar-refractivity contribution in [2.45, 2.75) is 77.2 Å². The summed E-state index contributed by atoms with van der Waals surface area (Å²) in [7, 11) is 0. The van der Waals surface area contributed by atoms with Gasteiger partial charge in [0.2, 0.25) is 0 Å². The van der Waals surface area contributed by atoms with E-state index in [0.29, 0.717) is 5.41 Å². The van der Waals surface area contributed by atoms with Crippen molar-refractivity contribution in [2.75, 3.05) is 0 Å². The molecule has 5 atom stereocenters. The average Bonchev–Trinajstić information content (AvgIpc) is 2.79. The molecule has 2 saturated carbocycles. The number of rotatable bonds is 0. The van der Waals surface area contributed by atoms with Crippen LogP contribution in [-0.4, -0.2) is 11.2 Å². The number of hydrogen-bond acceptors (Lipinski definition) is 1. The lowest BCUT2D eigenvalue weighted by molar-refractivity contribution is 0.0369. The van der Waals surface area contributed by atoms with E-state index in [9.17, 15) is 5.11 Å². The smallest absolute Gasteiger partial charge is 0.0580 e. The van der Waals surface area contributed by atoms with E-state index in [1.807, 2.05) is 5.57 Å². The Bertz CT molecular complexity index is 410. The molecule has 0 spiro atoms. The standard InChI is InChI=1S/C18H28O/c1-18-9-2-3-17(18)16-6-4-12-11-13(19)5-7-14(12)15(16)8-10-18/h13,15-17,19H,2-11H2,1H3. The largest absolute Gasteiger partial charge is 0.393 e. The summed E-state index contributed by atoms with van der Waals surface area (Å²) in [5.74, 6) is 2.93. The first-order valence-corrected chi connectivity index (χ1v) is 8.56. The van der Waals surface area contributed by atoms with Gasteiger partial charge in [0, 0.05) is 0 Å². The lowest BCUT2D eigenvalue weighted by atomic mass is 9.54. The van der Waals surface area contributed by atoms with Gasteiger partial charge < -0.3 is 5.11 Å². The number of fused-ring (bicyclic) bond motifs is 4. The predicted octanol–water partition coefficient (Wildman–Crippen LogP) is 4.45. The Morgan fingerprint density at radius 1 is 1.05 bits per heavy atom. The SMILES string of the molecule is CC12CCCC1C1CCC3=C(CCC(O)C3)C1CC2. The van der Waals surface area contributed by atoms with Crippen LogP contribution in [0.25, 0.3) is 0 Å². The fourth-order valence-electron chi connectivity index (χ4n) is 6.18. The third-order valence-electron chi connectivity index (χ3n) is 7.13. The van der Waals surface area contributed by atoms with Crippen molar-refractivity contribution >= 4 is 0 Å². The summed E-state index contributed by atoms with van der Waals surface area (Å²) >= 11 is 0. The summed E-state index contributed by atoms with van der Waals surface area (Å²) in [5.41, 5.74) is 4.17. The lowest BCUT2D eigenvalue weighted by Gasteiger charge is -2.51. The Morgan fingerprint density at radius 3 is 2.84 bits per heavy atom. The topological polar surface area (TPSA) is 20.2 Å². The zero-order valence-electron chi connectivity index (χ0n) is 12.3. The Balaban J connectivity index is 1.64. The highest BCUT2D eigenvalue weighted by molar-refractivity contribution is 5.26. The van der Waals surface area contributed by atoms with Crippen LogP contribution < -0.4 is 0 Å². The van der Waals surface area contributed by atoms with Crippen molar-refractivity contribution < 1.29 is 5.11 Å². The van der Waals surface area contributed by atoms with Gasteiger partial charge in [0.1, 0.15) is 0 Å². The highest BCUT2D eigenvalue weighted by atomic mass is 16.3. The molecule has 0 amide bonds. The molecule has 2 fully saturated rings. The van der Waals surface area contributed by atoms with E-state index in [0.717, 1.165) is 30.6 Å². The molecule has 0 heterocycles. The van der Waals surface area contributed by atoms with Crippen molar-refractivity contribution in [2.24, 2.45) is 23.2 Å². The summed E-state index contributed by atoms with van der Waals surface area (Å²) in [6.07, 6.45) is 13.3. The molecule has 0 aliphatic heterocycles. The number of hydrogen-bond donors (Lipinski definition) is 1. The van der Waals surface area contributed by atoms with E-state index in [4.69, 9.17) is 0 Å². The maximum atomic E-state index is 9.90. The molecule has 4 rings (SSSR count). The first-order valence-electron chi connectivity index (χ1n) is 8.56. The summed E-state index contributed by atoms with van der Waals surface area (Å²) < 4.78 is 0. The fraction of sp³-hybridized carbons (Fsp3) is 0.889. The third kappa shape index (κ3) is 1.84. The molecule has 1 N–H and O–H groups in total. The Kier molecular flexibility index (Phi) is 2.85. The van der Waals surface area contributed by atoms with Crippen LogP contribution in [-0.2, 0) is 0 Å². The molecule has 1 heteroatoms. The van der Waals surface area contributed by atoms with Crippen molar-refractivity contribution in [1.82, 2.24) is 0 Å². The highest BCUT2D eigenvalue weighted by Gasteiger charge is 2.50. The minimum Gasteiger partial charge on any atom is -0.393 e. The van der Waals surface area contributed by atoms with Crippen LogP contribution in [0.1, 0.15) is 71.1 Å². The van der Waals surface area contributed by atoms with Crippen LogP contribution in [0.15, 0.2) is 11.1 Å². The van der Waals surface area contributed by atoms with Crippen LogP contribution in [0.4, 0.5) is 0 Å². The lowest BCUT2D eigenvalue weighted by Crippen LogP contribution is -2.41. The summed E-state index contributed by atoms with van der Waals surface area (Å²) in [6, 6.07) is 0. The molecule has 0 bridgehead atoms. The zero-order valence-corrected chi connectivity index (χ0v) is 12.3. The molecule has 0 radical (unpaired) electrons. The molecule has 106 valence electrons. The van der Waals surface area contributed by atoms with Gasteiger partial charge in [-0.15, -0.1) is 0 Å². The van der Waals surface area contributed by atoms with Gasteiger partial charge in [0.25, 0.3) is 0 Å². The average molecular weight is 260 g/mol. The first kappa shape index (κ1) is 12.4. The van der Waals surface area contributed by atoms with Gasteiger partial charge in [-0.05, 0) is 81.0 Å². The van der Waals surface area contributed by atoms with Crippen molar-refractivity contribution in [3.8, 4) is 0 Å². The normalized spacial score (nSPS) is 49.6. The van der Waals surface area contributed by atoms with Crippen LogP contribution in [0.3, 0.4) is 0 Å². The van der Waals surface area contributed by atoms with E-state index < -0.39 is 0 Å². The maximum absolute atomic E-state index is 9.90. The minimum atomic E-state index is -0.0318. The fourth-order valence-corrected chi connectivity index (χ4v) is 6.18. The highest BCUT2D eigenvalue weighted by Crippen LogP contribution is 2.61. The van der Waals surface area contributed by atoms with Gasteiger partial charge >= 0.3 is 0 Å². The number of allylic oxidation sites excluding steroid dienone is 1. The second kappa shape index (κ2) is 4.35. The van der Waals surface area contributed by atoms with Crippen LogP contribution >= 0.6 is 0 Å². The molecular weight excluding hydrogens is 232 g/mol. The first-order chi connectivity index (χ1) is 9.17. The number of aliphatic hydroxyl groups is 1. The zero-order chi connectivity index (χ0) is 13.0. The van der Waals surface area contributed by atoms with Crippen LogP contribution in [0.2, 0.25) is 0 Å². The van der Waals surface area contributed by atoms with Crippen molar-refractivity contribution in [3.05, 3.63) is 11.1 Å². The minimum absolute atomic E-state index is 0.0318. The van der Waals surface area contributed by atoms with E-state index in [2.05, 4.69) is 6.92 Å².